The summed E-state index contributed by atoms with van der Waals surface area (Å²) in [5, 5.41) is 14.0. The van der Waals surface area contributed by atoms with Crippen molar-refractivity contribution < 1.29 is 9.90 Å². The zero-order chi connectivity index (χ0) is 13.5. The van der Waals surface area contributed by atoms with E-state index in [1.807, 2.05) is 0 Å². The summed E-state index contributed by atoms with van der Waals surface area (Å²) >= 11 is 1.38. The third kappa shape index (κ3) is 2.04. The maximum absolute atomic E-state index is 11.8. The molecule has 0 atom stereocenters. The van der Waals surface area contributed by atoms with Crippen molar-refractivity contribution >= 4 is 22.3 Å². The maximum Gasteiger partial charge on any atom is 0.323 e. The molecule has 7 heteroatoms. The van der Waals surface area contributed by atoms with Gasteiger partial charge in [-0.25, -0.2) is 4.98 Å². The minimum absolute atomic E-state index is 0.138. The van der Waals surface area contributed by atoms with E-state index in [1.165, 1.54) is 21.8 Å². The lowest BCUT2D eigenvalue weighted by molar-refractivity contribution is -0.148. The Kier molecular flexibility index (Phi) is 2.87. The summed E-state index contributed by atoms with van der Waals surface area (Å²) in [6.45, 7) is 0.302. The fourth-order valence-corrected chi connectivity index (χ4v) is 2.97. The van der Waals surface area contributed by atoms with E-state index in [9.17, 15) is 14.7 Å². The predicted molar refractivity (Wildman–Crippen MR) is 70.4 cm³/mol. The van der Waals surface area contributed by atoms with E-state index in [0.29, 0.717) is 30.0 Å². The van der Waals surface area contributed by atoms with Crippen molar-refractivity contribution in [2.24, 2.45) is 0 Å². The molecule has 2 aromatic heterocycles. The van der Waals surface area contributed by atoms with Gasteiger partial charge < -0.3 is 5.11 Å². The van der Waals surface area contributed by atoms with Crippen molar-refractivity contribution in [2.45, 2.75) is 31.3 Å². The highest BCUT2D eigenvalue weighted by molar-refractivity contribution is 7.15. The summed E-state index contributed by atoms with van der Waals surface area (Å²) in [5.41, 5.74) is -0.386. The van der Waals surface area contributed by atoms with Gasteiger partial charge in [0.25, 0.3) is 5.56 Å². The fourth-order valence-electron chi connectivity index (χ4n) is 2.23. The van der Waals surface area contributed by atoms with Crippen LogP contribution in [0.15, 0.2) is 22.4 Å². The molecule has 6 nitrogen and oxygen atoms in total. The van der Waals surface area contributed by atoms with Gasteiger partial charge in [-0.3, -0.25) is 19.3 Å². The molecule has 3 rings (SSSR count). The van der Waals surface area contributed by atoms with E-state index >= 15 is 0 Å². The van der Waals surface area contributed by atoms with Crippen LogP contribution >= 0.6 is 11.3 Å². The number of aromatic nitrogens is 2. The number of carbonyl (C=O) groups is 1. The van der Waals surface area contributed by atoms with Crippen LogP contribution in [0.2, 0.25) is 0 Å². The number of aliphatic carboxylic acids is 1. The average molecular weight is 279 g/mol. The molecule has 0 aromatic carbocycles. The molecule has 2 aromatic rings. The van der Waals surface area contributed by atoms with Gasteiger partial charge in [0.15, 0.2) is 4.96 Å². The smallest absolute Gasteiger partial charge is 0.323 e. The van der Waals surface area contributed by atoms with E-state index in [2.05, 4.69) is 10.3 Å². The number of nitrogens with zero attached hydrogens (tertiary/aromatic N) is 2. The van der Waals surface area contributed by atoms with Crippen LogP contribution in [0.5, 0.6) is 0 Å². The molecule has 2 N–H and O–H groups in total. The van der Waals surface area contributed by atoms with Crippen LogP contribution in [-0.4, -0.2) is 26.0 Å². The second-order valence-electron chi connectivity index (χ2n) is 4.74. The molecule has 1 fully saturated rings. The van der Waals surface area contributed by atoms with Crippen LogP contribution in [-0.2, 0) is 11.3 Å². The van der Waals surface area contributed by atoms with Crippen LogP contribution in [0.3, 0.4) is 0 Å². The Balaban J connectivity index is 1.82. The molecular formula is C12H13N3O3S. The summed E-state index contributed by atoms with van der Waals surface area (Å²) < 4.78 is 1.48. The lowest BCUT2D eigenvalue weighted by Crippen LogP contribution is -2.56. The van der Waals surface area contributed by atoms with E-state index < -0.39 is 11.5 Å². The topological polar surface area (TPSA) is 83.7 Å². The zero-order valence-electron chi connectivity index (χ0n) is 10.1. The molecular weight excluding hydrogens is 266 g/mol. The first-order valence-corrected chi connectivity index (χ1v) is 6.93. The van der Waals surface area contributed by atoms with Crippen molar-refractivity contribution in [1.82, 2.24) is 14.7 Å². The Morgan fingerprint density at radius 2 is 2.37 bits per heavy atom. The Hall–Kier alpha value is -1.73. The summed E-state index contributed by atoms with van der Waals surface area (Å²) in [6, 6.07) is 1.45. The molecule has 0 aliphatic heterocycles. The largest absolute Gasteiger partial charge is 0.480 e. The van der Waals surface area contributed by atoms with Gasteiger partial charge in [-0.05, 0) is 19.3 Å². The standard InChI is InChI=1S/C12H13N3O3S/c16-9-6-8(14-11-15(9)4-5-19-11)7-13-12(10(17)18)2-1-3-12/h4-6,13H,1-3,7H2,(H,17,18). The number of hydrogen-bond acceptors (Lipinski definition) is 5. The second-order valence-corrected chi connectivity index (χ2v) is 5.61. The molecule has 0 radical (unpaired) electrons. The molecule has 0 amide bonds. The van der Waals surface area contributed by atoms with E-state index in [1.54, 1.807) is 11.6 Å². The first-order chi connectivity index (χ1) is 9.11. The number of thiazole rings is 1. The summed E-state index contributed by atoms with van der Waals surface area (Å²) in [5.74, 6) is -0.826. The molecule has 1 aliphatic carbocycles. The van der Waals surface area contributed by atoms with Crippen LogP contribution in [0.4, 0.5) is 0 Å². The highest BCUT2D eigenvalue weighted by Crippen LogP contribution is 2.32. The number of carboxylic acid groups (broad SMARTS) is 1. The first kappa shape index (κ1) is 12.3. The van der Waals surface area contributed by atoms with Gasteiger partial charge in [0.1, 0.15) is 5.54 Å². The van der Waals surface area contributed by atoms with Crippen LogP contribution in [0, 0.1) is 0 Å². The number of nitrogens with one attached hydrogen (secondary N) is 1. The summed E-state index contributed by atoms with van der Waals surface area (Å²) in [7, 11) is 0. The SMILES string of the molecule is O=C(O)C1(NCc2cc(=O)n3ccsc3n2)CCC1. The molecule has 19 heavy (non-hydrogen) atoms. The van der Waals surface area contributed by atoms with Crippen LogP contribution < -0.4 is 10.9 Å². The molecule has 100 valence electrons. The van der Waals surface area contributed by atoms with Gasteiger partial charge in [0, 0.05) is 24.2 Å². The number of fused-ring (bicyclic) bond motifs is 1. The minimum Gasteiger partial charge on any atom is -0.480 e. The molecule has 1 aliphatic rings. The van der Waals surface area contributed by atoms with Gasteiger partial charge in [-0.2, -0.15) is 0 Å². The monoisotopic (exact) mass is 279 g/mol. The normalized spacial score (nSPS) is 17.3. The average Bonchev–Trinajstić information content (AvgIpc) is 2.75. The predicted octanol–water partition coefficient (Wildman–Crippen LogP) is 0.853. The lowest BCUT2D eigenvalue weighted by atomic mass is 9.77. The zero-order valence-corrected chi connectivity index (χ0v) is 10.9. The van der Waals surface area contributed by atoms with Gasteiger partial charge in [0.05, 0.1) is 5.69 Å². The maximum atomic E-state index is 11.8. The summed E-state index contributed by atoms with van der Waals surface area (Å²) in [4.78, 5) is 28.0. The van der Waals surface area contributed by atoms with E-state index in [-0.39, 0.29) is 5.56 Å². The van der Waals surface area contributed by atoms with Crippen molar-refractivity contribution in [2.75, 3.05) is 0 Å². The number of hydrogen-bond donors (Lipinski definition) is 2. The van der Waals surface area contributed by atoms with Gasteiger partial charge in [-0.1, -0.05) is 0 Å². The Morgan fingerprint density at radius 1 is 1.58 bits per heavy atom. The lowest BCUT2D eigenvalue weighted by Gasteiger charge is -2.38. The third-order valence-corrected chi connectivity index (χ3v) is 4.34. The van der Waals surface area contributed by atoms with Crippen LogP contribution in [0.1, 0.15) is 25.0 Å². The van der Waals surface area contributed by atoms with Crippen molar-refractivity contribution in [3.05, 3.63) is 33.7 Å². The van der Waals surface area contributed by atoms with E-state index in [4.69, 9.17) is 0 Å². The Bertz CT molecular complexity index is 687. The first-order valence-electron chi connectivity index (χ1n) is 6.05. The third-order valence-electron chi connectivity index (χ3n) is 3.58. The van der Waals surface area contributed by atoms with Gasteiger partial charge in [0.2, 0.25) is 0 Å². The van der Waals surface area contributed by atoms with Gasteiger partial charge in [-0.15, -0.1) is 11.3 Å². The van der Waals surface area contributed by atoms with E-state index in [0.717, 1.165) is 6.42 Å². The molecule has 1 saturated carbocycles. The van der Waals surface area contributed by atoms with Crippen molar-refractivity contribution in [1.29, 1.82) is 0 Å². The molecule has 2 heterocycles. The molecule has 0 spiro atoms. The summed E-state index contributed by atoms with van der Waals surface area (Å²) in [6.07, 6.45) is 3.85. The highest BCUT2D eigenvalue weighted by atomic mass is 32.1. The molecule has 0 bridgehead atoms. The Labute approximate surface area is 112 Å². The van der Waals surface area contributed by atoms with Gasteiger partial charge >= 0.3 is 5.97 Å². The molecule has 0 saturated heterocycles. The quantitative estimate of drug-likeness (QED) is 0.867. The van der Waals surface area contributed by atoms with Crippen molar-refractivity contribution in [3.63, 3.8) is 0 Å². The number of carboxylic acids is 1. The minimum atomic E-state index is -0.831. The molecule has 0 unspecified atom stereocenters. The second kappa shape index (κ2) is 4.43. The van der Waals surface area contributed by atoms with Crippen molar-refractivity contribution in [3.8, 4) is 0 Å². The van der Waals surface area contributed by atoms with Crippen LogP contribution in [0.25, 0.3) is 4.96 Å². The number of rotatable bonds is 4. The Morgan fingerprint density at radius 3 is 3.00 bits per heavy atom. The highest BCUT2D eigenvalue weighted by Gasteiger charge is 2.43. The fraction of sp³-hybridized carbons (Fsp3) is 0.417.